The van der Waals surface area contributed by atoms with Gasteiger partial charge in [0.25, 0.3) is 0 Å². The van der Waals surface area contributed by atoms with Crippen LogP contribution in [0.2, 0.25) is 0 Å². The van der Waals surface area contributed by atoms with Crippen LogP contribution in [0.4, 0.5) is 0 Å². The molecule has 2 aromatic carbocycles. The molecule has 0 spiro atoms. The summed E-state index contributed by atoms with van der Waals surface area (Å²) in [5.41, 5.74) is 3.03. The van der Waals surface area contributed by atoms with Crippen LogP contribution in [-0.2, 0) is 0 Å². The van der Waals surface area contributed by atoms with E-state index in [0.29, 0.717) is 17.0 Å². The van der Waals surface area contributed by atoms with Gasteiger partial charge in [-0.15, -0.1) is 0 Å². The van der Waals surface area contributed by atoms with Crippen LogP contribution in [0.15, 0.2) is 52.9 Å². The molecule has 0 saturated carbocycles. The zero-order chi connectivity index (χ0) is 14.1. The first kappa shape index (κ1) is 12.6. The highest BCUT2D eigenvalue weighted by molar-refractivity contribution is 5.99. The van der Waals surface area contributed by atoms with Crippen molar-refractivity contribution in [3.8, 4) is 11.5 Å². The molecule has 0 radical (unpaired) electrons. The van der Waals surface area contributed by atoms with Gasteiger partial charge < -0.3 is 4.42 Å². The van der Waals surface area contributed by atoms with Gasteiger partial charge in [-0.05, 0) is 30.3 Å². The van der Waals surface area contributed by atoms with Gasteiger partial charge in [0.05, 0.1) is 0 Å². The quantitative estimate of drug-likeness (QED) is 0.662. The minimum Gasteiger partial charge on any atom is -0.436 e. The molecule has 1 aromatic heterocycles. The summed E-state index contributed by atoms with van der Waals surface area (Å²) in [5.74, 6) is 0.679. The SMILES string of the molecule is CC(C)C(=O)c1ccc2oc(-c3ccccc3)nc2c1. The van der Waals surface area contributed by atoms with Crippen LogP contribution in [0.1, 0.15) is 24.2 Å². The number of aromatic nitrogens is 1. The summed E-state index contributed by atoms with van der Waals surface area (Å²) in [6.07, 6.45) is 0. The van der Waals surface area contributed by atoms with E-state index in [1.54, 1.807) is 12.1 Å². The molecule has 20 heavy (non-hydrogen) atoms. The van der Waals surface area contributed by atoms with Gasteiger partial charge in [0.1, 0.15) is 5.52 Å². The van der Waals surface area contributed by atoms with E-state index < -0.39 is 0 Å². The third kappa shape index (κ3) is 2.23. The minimum absolute atomic E-state index is 0.0204. The highest BCUT2D eigenvalue weighted by Gasteiger charge is 2.13. The van der Waals surface area contributed by atoms with Crippen LogP contribution in [0, 0.1) is 5.92 Å². The van der Waals surface area contributed by atoms with E-state index in [2.05, 4.69) is 4.98 Å². The fourth-order valence-electron chi connectivity index (χ4n) is 2.12. The maximum absolute atomic E-state index is 12.0. The van der Waals surface area contributed by atoms with Gasteiger partial charge in [0.2, 0.25) is 5.89 Å². The van der Waals surface area contributed by atoms with Crippen molar-refractivity contribution < 1.29 is 9.21 Å². The van der Waals surface area contributed by atoms with Gasteiger partial charge in [0, 0.05) is 17.0 Å². The van der Waals surface area contributed by atoms with Crippen LogP contribution in [0.3, 0.4) is 0 Å². The van der Waals surface area contributed by atoms with Crippen molar-refractivity contribution >= 4 is 16.9 Å². The molecule has 0 aliphatic rings. The lowest BCUT2D eigenvalue weighted by Crippen LogP contribution is -2.06. The highest BCUT2D eigenvalue weighted by Crippen LogP contribution is 2.25. The molecule has 3 aromatic rings. The molecule has 0 aliphatic carbocycles. The molecule has 0 saturated heterocycles. The maximum atomic E-state index is 12.0. The first-order valence-corrected chi connectivity index (χ1v) is 6.65. The second-order valence-corrected chi connectivity index (χ2v) is 5.09. The molecule has 1 heterocycles. The molecule has 0 fully saturated rings. The topological polar surface area (TPSA) is 43.1 Å². The zero-order valence-electron chi connectivity index (χ0n) is 11.5. The van der Waals surface area contributed by atoms with Crippen molar-refractivity contribution in [1.82, 2.24) is 4.98 Å². The van der Waals surface area contributed by atoms with Gasteiger partial charge in [0.15, 0.2) is 11.4 Å². The van der Waals surface area contributed by atoms with E-state index in [0.717, 1.165) is 11.1 Å². The number of Topliss-reactive ketones (excluding diaryl/α,β-unsaturated/α-hetero) is 1. The van der Waals surface area contributed by atoms with Crippen LogP contribution in [-0.4, -0.2) is 10.8 Å². The maximum Gasteiger partial charge on any atom is 0.227 e. The number of hydrogen-bond donors (Lipinski definition) is 0. The normalized spacial score (nSPS) is 11.2. The van der Waals surface area contributed by atoms with E-state index in [-0.39, 0.29) is 11.7 Å². The van der Waals surface area contributed by atoms with Crippen molar-refractivity contribution in [1.29, 1.82) is 0 Å². The van der Waals surface area contributed by atoms with Crippen molar-refractivity contribution in [3.63, 3.8) is 0 Å². The second-order valence-electron chi connectivity index (χ2n) is 5.09. The van der Waals surface area contributed by atoms with E-state index >= 15 is 0 Å². The molecule has 100 valence electrons. The Hall–Kier alpha value is -2.42. The van der Waals surface area contributed by atoms with Crippen molar-refractivity contribution in [3.05, 3.63) is 54.1 Å². The molecule has 3 rings (SSSR count). The Morgan fingerprint density at radius 3 is 2.55 bits per heavy atom. The zero-order valence-corrected chi connectivity index (χ0v) is 11.5. The fourth-order valence-corrected chi connectivity index (χ4v) is 2.12. The van der Waals surface area contributed by atoms with E-state index in [1.807, 2.05) is 50.2 Å². The first-order valence-electron chi connectivity index (χ1n) is 6.65. The van der Waals surface area contributed by atoms with Crippen LogP contribution in [0.5, 0.6) is 0 Å². The predicted molar refractivity (Wildman–Crippen MR) is 78.6 cm³/mol. The molecule has 0 N–H and O–H groups in total. The van der Waals surface area contributed by atoms with Crippen molar-refractivity contribution in [2.45, 2.75) is 13.8 Å². The van der Waals surface area contributed by atoms with Crippen LogP contribution >= 0.6 is 0 Å². The molecule has 0 amide bonds. The minimum atomic E-state index is -0.0204. The third-order valence-electron chi connectivity index (χ3n) is 3.22. The van der Waals surface area contributed by atoms with Gasteiger partial charge in [-0.2, -0.15) is 0 Å². The Kier molecular flexibility index (Phi) is 3.11. The first-order chi connectivity index (χ1) is 9.65. The average molecular weight is 265 g/mol. The number of rotatable bonds is 3. The summed E-state index contributed by atoms with van der Waals surface area (Å²) >= 11 is 0. The summed E-state index contributed by atoms with van der Waals surface area (Å²) in [7, 11) is 0. The lowest BCUT2D eigenvalue weighted by Gasteiger charge is -2.02. The smallest absolute Gasteiger partial charge is 0.227 e. The number of carbonyl (C=O) groups is 1. The number of carbonyl (C=O) groups excluding carboxylic acids is 1. The van der Waals surface area contributed by atoms with Gasteiger partial charge in [-0.1, -0.05) is 32.0 Å². The number of benzene rings is 2. The Labute approximate surface area is 117 Å². The molecule has 0 atom stereocenters. The van der Waals surface area contributed by atoms with E-state index in [4.69, 9.17) is 4.42 Å². The standard InChI is InChI=1S/C17H15NO2/c1-11(2)16(19)13-8-9-15-14(10-13)18-17(20-15)12-6-4-3-5-7-12/h3-11H,1-2H3. The Morgan fingerprint density at radius 1 is 1.10 bits per heavy atom. The Balaban J connectivity index is 2.06. The number of nitrogens with zero attached hydrogens (tertiary/aromatic N) is 1. The monoisotopic (exact) mass is 265 g/mol. The van der Waals surface area contributed by atoms with Gasteiger partial charge >= 0.3 is 0 Å². The highest BCUT2D eigenvalue weighted by atomic mass is 16.3. The Bertz CT molecular complexity index is 757. The lowest BCUT2D eigenvalue weighted by atomic mass is 10.0. The van der Waals surface area contributed by atoms with Crippen LogP contribution in [0.25, 0.3) is 22.6 Å². The second kappa shape index (κ2) is 4.93. The Morgan fingerprint density at radius 2 is 1.85 bits per heavy atom. The fraction of sp³-hybridized carbons (Fsp3) is 0.176. The van der Waals surface area contributed by atoms with E-state index in [9.17, 15) is 4.79 Å². The summed E-state index contributed by atoms with van der Waals surface area (Å²) < 4.78 is 5.73. The molecular weight excluding hydrogens is 250 g/mol. The molecule has 0 unspecified atom stereocenters. The third-order valence-corrected chi connectivity index (χ3v) is 3.22. The number of hydrogen-bond acceptors (Lipinski definition) is 3. The number of ketones is 1. The van der Waals surface area contributed by atoms with Gasteiger partial charge in [-0.3, -0.25) is 4.79 Å². The molecule has 0 bridgehead atoms. The molecular formula is C17H15NO2. The molecule has 3 heteroatoms. The lowest BCUT2D eigenvalue weighted by molar-refractivity contribution is 0.0939. The molecule has 3 nitrogen and oxygen atoms in total. The molecule has 0 aliphatic heterocycles. The number of oxazole rings is 1. The summed E-state index contributed by atoms with van der Waals surface area (Å²) in [5, 5.41) is 0. The number of fused-ring (bicyclic) bond motifs is 1. The summed E-state index contributed by atoms with van der Waals surface area (Å²) in [6.45, 7) is 3.79. The van der Waals surface area contributed by atoms with Crippen molar-refractivity contribution in [2.75, 3.05) is 0 Å². The predicted octanol–water partition coefficient (Wildman–Crippen LogP) is 4.33. The summed E-state index contributed by atoms with van der Waals surface area (Å²) in [4.78, 5) is 16.5. The largest absolute Gasteiger partial charge is 0.436 e. The van der Waals surface area contributed by atoms with Crippen molar-refractivity contribution in [2.24, 2.45) is 5.92 Å². The van der Waals surface area contributed by atoms with Gasteiger partial charge in [-0.25, -0.2) is 4.98 Å². The summed E-state index contributed by atoms with van der Waals surface area (Å²) in [6, 6.07) is 15.1. The van der Waals surface area contributed by atoms with Crippen LogP contribution < -0.4 is 0 Å². The van der Waals surface area contributed by atoms with E-state index in [1.165, 1.54) is 0 Å². The average Bonchev–Trinajstić information content (AvgIpc) is 2.90.